The molecule has 0 aliphatic carbocycles. The first-order valence-corrected chi connectivity index (χ1v) is 9.04. The molecule has 0 unspecified atom stereocenters. The second-order valence-electron chi connectivity index (χ2n) is 6.11. The lowest BCUT2D eigenvalue weighted by atomic mass is 10.2. The average Bonchev–Trinajstić information content (AvgIpc) is 3.24. The number of fused-ring (bicyclic) bond motifs is 3. The van der Waals surface area contributed by atoms with Crippen LogP contribution in [0.15, 0.2) is 62.2 Å². The summed E-state index contributed by atoms with van der Waals surface area (Å²) in [6.45, 7) is 1.94. The Bertz CT molecular complexity index is 1410. The molecule has 3 aromatic heterocycles. The lowest BCUT2D eigenvalue weighted by molar-refractivity contribution is 0.0997. The summed E-state index contributed by atoms with van der Waals surface area (Å²) in [5.74, 6) is -0.399. The number of hydrogen-bond acceptors (Lipinski definition) is 6. The summed E-state index contributed by atoms with van der Waals surface area (Å²) in [4.78, 5) is 29.5. The van der Waals surface area contributed by atoms with E-state index in [9.17, 15) is 9.59 Å². The summed E-state index contributed by atoms with van der Waals surface area (Å²) in [5.41, 5.74) is 1.71. The van der Waals surface area contributed by atoms with Gasteiger partial charge in [0.2, 0.25) is 5.43 Å². The molecular formula is C20H12N2O4S. The van der Waals surface area contributed by atoms with Crippen LogP contribution in [-0.4, -0.2) is 10.9 Å². The molecule has 0 saturated heterocycles. The van der Waals surface area contributed by atoms with Gasteiger partial charge in [-0.1, -0.05) is 12.1 Å². The number of anilines is 1. The summed E-state index contributed by atoms with van der Waals surface area (Å²) in [5, 5.41) is 4.44. The molecule has 7 heteroatoms. The van der Waals surface area contributed by atoms with Gasteiger partial charge in [-0.3, -0.25) is 9.59 Å². The summed E-state index contributed by atoms with van der Waals surface area (Å²) in [6.07, 6.45) is 0. The molecule has 0 aliphatic rings. The van der Waals surface area contributed by atoms with Crippen molar-refractivity contribution in [2.24, 2.45) is 0 Å². The van der Waals surface area contributed by atoms with Crippen LogP contribution >= 0.6 is 11.3 Å². The van der Waals surface area contributed by atoms with Gasteiger partial charge >= 0.3 is 5.78 Å². The third-order valence-electron chi connectivity index (χ3n) is 4.25. The van der Waals surface area contributed by atoms with E-state index in [1.807, 2.05) is 19.1 Å². The van der Waals surface area contributed by atoms with Crippen LogP contribution in [-0.2, 0) is 0 Å². The number of carbonyl (C=O) groups is 1. The fourth-order valence-electron chi connectivity index (χ4n) is 3.02. The van der Waals surface area contributed by atoms with Gasteiger partial charge in [0.15, 0.2) is 5.76 Å². The van der Waals surface area contributed by atoms with Crippen molar-refractivity contribution in [1.29, 1.82) is 0 Å². The fourth-order valence-corrected chi connectivity index (χ4v) is 3.89. The SMILES string of the molecule is Cc1nc2ccc(NC(=O)c3cc4c(=O)c5ccccc5oc4o3)cc2s1. The van der Waals surface area contributed by atoms with E-state index in [1.54, 1.807) is 41.7 Å². The highest BCUT2D eigenvalue weighted by atomic mass is 32.1. The minimum atomic E-state index is -0.453. The highest BCUT2D eigenvalue weighted by Crippen LogP contribution is 2.26. The fraction of sp³-hybridized carbons (Fsp3) is 0.0500. The molecule has 5 aromatic rings. The third kappa shape index (κ3) is 2.60. The van der Waals surface area contributed by atoms with Crippen LogP contribution in [0.4, 0.5) is 5.69 Å². The quantitative estimate of drug-likeness (QED) is 0.482. The van der Waals surface area contributed by atoms with Crippen LogP contribution in [0.3, 0.4) is 0 Å². The molecule has 2 aromatic carbocycles. The van der Waals surface area contributed by atoms with Crippen molar-refractivity contribution in [3.8, 4) is 0 Å². The molecular weight excluding hydrogens is 364 g/mol. The Labute approximate surface area is 156 Å². The van der Waals surface area contributed by atoms with Crippen molar-refractivity contribution in [3.63, 3.8) is 0 Å². The van der Waals surface area contributed by atoms with Crippen LogP contribution in [0.2, 0.25) is 0 Å². The molecule has 0 bridgehead atoms. The molecule has 6 nitrogen and oxygen atoms in total. The molecule has 3 heterocycles. The topological polar surface area (TPSA) is 85.3 Å². The van der Waals surface area contributed by atoms with Crippen LogP contribution in [0.1, 0.15) is 15.6 Å². The summed E-state index contributed by atoms with van der Waals surface area (Å²) < 4.78 is 12.1. The molecule has 5 rings (SSSR count). The van der Waals surface area contributed by atoms with Crippen molar-refractivity contribution >= 4 is 55.3 Å². The van der Waals surface area contributed by atoms with Crippen molar-refractivity contribution in [2.75, 3.05) is 5.32 Å². The van der Waals surface area contributed by atoms with Gasteiger partial charge in [-0.15, -0.1) is 11.3 Å². The van der Waals surface area contributed by atoms with E-state index in [-0.39, 0.29) is 22.4 Å². The number of amides is 1. The Balaban J connectivity index is 1.53. The van der Waals surface area contributed by atoms with E-state index in [2.05, 4.69) is 10.3 Å². The van der Waals surface area contributed by atoms with Crippen LogP contribution in [0, 0.1) is 6.92 Å². The Morgan fingerprint density at radius 2 is 1.93 bits per heavy atom. The maximum Gasteiger partial charge on any atom is 0.302 e. The van der Waals surface area contributed by atoms with Gasteiger partial charge in [0.1, 0.15) is 11.0 Å². The van der Waals surface area contributed by atoms with Crippen LogP contribution in [0.5, 0.6) is 0 Å². The van der Waals surface area contributed by atoms with E-state index in [0.29, 0.717) is 16.7 Å². The van der Waals surface area contributed by atoms with Crippen LogP contribution < -0.4 is 10.7 Å². The van der Waals surface area contributed by atoms with E-state index in [1.165, 1.54) is 6.07 Å². The second kappa shape index (κ2) is 5.78. The summed E-state index contributed by atoms with van der Waals surface area (Å²) >= 11 is 1.55. The van der Waals surface area contributed by atoms with E-state index in [0.717, 1.165) is 15.2 Å². The maximum absolute atomic E-state index is 12.6. The number of furan rings is 1. The largest absolute Gasteiger partial charge is 0.425 e. The predicted molar refractivity (Wildman–Crippen MR) is 105 cm³/mol. The number of rotatable bonds is 2. The molecule has 0 aliphatic heterocycles. The minimum absolute atomic E-state index is 0.0155. The molecule has 132 valence electrons. The van der Waals surface area contributed by atoms with Crippen molar-refractivity contribution in [1.82, 2.24) is 4.98 Å². The normalized spacial score (nSPS) is 11.4. The number of hydrogen-bond donors (Lipinski definition) is 1. The Hall–Kier alpha value is -3.45. The standard InChI is InChI=1S/C20H12N2O4S/c1-10-21-14-7-6-11(8-17(14)27-10)22-19(24)16-9-13-18(23)12-4-2-3-5-15(12)25-20(13)26-16/h2-9H,1H3,(H,22,24). The molecule has 0 saturated carbocycles. The molecule has 1 N–H and O–H groups in total. The van der Waals surface area contributed by atoms with Gasteiger partial charge < -0.3 is 14.2 Å². The Morgan fingerprint density at radius 3 is 2.81 bits per heavy atom. The molecule has 0 radical (unpaired) electrons. The second-order valence-corrected chi connectivity index (χ2v) is 7.34. The van der Waals surface area contributed by atoms with E-state index < -0.39 is 5.91 Å². The zero-order valence-corrected chi connectivity index (χ0v) is 14.9. The van der Waals surface area contributed by atoms with Crippen molar-refractivity contribution < 1.29 is 13.6 Å². The van der Waals surface area contributed by atoms with E-state index >= 15 is 0 Å². The van der Waals surface area contributed by atoms with Gasteiger partial charge in [-0.05, 0) is 37.3 Å². The first kappa shape index (κ1) is 15.8. The lowest BCUT2D eigenvalue weighted by Crippen LogP contribution is -2.10. The van der Waals surface area contributed by atoms with Gasteiger partial charge in [0.25, 0.3) is 5.91 Å². The molecule has 0 fully saturated rings. The summed E-state index contributed by atoms with van der Waals surface area (Å²) in [6, 6.07) is 13.8. The zero-order valence-electron chi connectivity index (χ0n) is 14.1. The Kier molecular flexibility index (Phi) is 3.38. The minimum Gasteiger partial charge on any atom is -0.425 e. The molecule has 0 atom stereocenters. The first-order chi connectivity index (χ1) is 13.1. The highest BCUT2D eigenvalue weighted by Gasteiger charge is 2.18. The van der Waals surface area contributed by atoms with Gasteiger partial charge in [0, 0.05) is 11.8 Å². The third-order valence-corrected chi connectivity index (χ3v) is 5.19. The molecule has 1 amide bonds. The van der Waals surface area contributed by atoms with Gasteiger partial charge in [-0.25, -0.2) is 4.98 Å². The maximum atomic E-state index is 12.6. The highest BCUT2D eigenvalue weighted by molar-refractivity contribution is 7.18. The number of carbonyl (C=O) groups excluding carboxylic acids is 1. The number of benzene rings is 2. The smallest absolute Gasteiger partial charge is 0.302 e. The number of thiazole rings is 1. The lowest BCUT2D eigenvalue weighted by Gasteiger charge is -2.02. The predicted octanol–water partition coefficient (Wildman–Crippen LogP) is 4.71. The van der Waals surface area contributed by atoms with Gasteiger partial charge in [0.05, 0.1) is 20.6 Å². The Morgan fingerprint density at radius 1 is 1.07 bits per heavy atom. The molecule has 27 heavy (non-hydrogen) atoms. The number of nitrogens with zero attached hydrogens (tertiary/aromatic N) is 1. The number of nitrogens with one attached hydrogen (secondary N) is 1. The molecule has 0 spiro atoms. The van der Waals surface area contributed by atoms with Crippen molar-refractivity contribution in [3.05, 3.63) is 69.5 Å². The van der Waals surface area contributed by atoms with Crippen molar-refractivity contribution in [2.45, 2.75) is 6.92 Å². The number of aryl methyl sites for hydroxylation is 1. The number of para-hydroxylation sites is 1. The summed E-state index contributed by atoms with van der Waals surface area (Å²) in [7, 11) is 0. The number of aromatic nitrogens is 1. The monoisotopic (exact) mass is 376 g/mol. The zero-order chi connectivity index (χ0) is 18.5. The van der Waals surface area contributed by atoms with Crippen LogP contribution in [0.25, 0.3) is 32.4 Å². The average molecular weight is 376 g/mol. The van der Waals surface area contributed by atoms with Gasteiger partial charge in [-0.2, -0.15) is 0 Å². The first-order valence-electron chi connectivity index (χ1n) is 8.22. The van der Waals surface area contributed by atoms with E-state index in [4.69, 9.17) is 8.83 Å².